The maximum absolute atomic E-state index is 13.2. The third kappa shape index (κ3) is 4.39. The van der Waals surface area contributed by atoms with Gasteiger partial charge in [0.05, 0.1) is 38.1 Å². The molecule has 1 aliphatic heterocycles. The largest absolute Gasteiger partial charge is 0.466 e. The van der Waals surface area contributed by atoms with Crippen molar-refractivity contribution in [3.8, 4) is 0 Å². The van der Waals surface area contributed by atoms with Crippen molar-refractivity contribution in [1.82, 2.24) is 5.32 Å². The number of hydrogen-bond acceptors (Lipinski definition) is 5. The standard InChI is InChI=1S/C22H27ClN2O4/c1-22(2)10-15-19(17(26)11-22)18(13-6-4-5-7-14(13)23)20(21(27)28-3)16(25-15)12-29-9-8-24/h4-7,18,25H,8-12,24H2,1-3H3/p+1. The second-order valence-electron chi connectivity index (χ2n) is 8.20. The van der Waals surface area contributed by atoms with Crippen molar-refractivity contribution < 1.29 is 24.8 Å². The van der Waals surface area contributed by atoms with Crippen LogP contribution in [0.15, 0.2) is 46.8 Å². The van der Waals surface area contributed by atoms with Crippen LogP contribution in [-0.2, 0) is 19.1 Å². The molecule has 0 fully saturated rings. The Labute approximate surface area is 176 Å². The molecule has 0 saturated heterocycles. The predicted molar refractivity (Wildman–Crippen MR) is 110 cm³/mol. The van der Waals surface area contributed by atoms with E-state index in [1.54, 1.807) is 6.07 Å². The van der Waals surface area contributed by atoms with E-state index in [0.29, 0.717) is 53.4 Å². The van der Waals surface area contributed by atoms with Crippen LogP contribution in [0.25, 0.3) is 0 Å². The fraction of sp³-hybridized carbons (Fsp3) is 0.455. The molecule has 4 N–H and O–H groups in total. The van der Waals surface area contributed by atoms with Crippen LogP contribution in [0, 0.1) is 5.41 Å². The van der Waals surface area contributed by atoms with Crippen LogP contribution in [-0.4, -0.2) is 38.6 Å². The summed E-state index contributed by atoms with van der Waals surface area (Å²) in [7, 11) is 1.34. The molecule has 29 heavy (non-hydrogen) atoms. The lowest BCUT2D eigenvalue weighted by atomic mass is 9.68. The van der Waals surface area contributed by atoms with Crippen LogP contribution in [0.3, 0.4) is 0 Å². The fourth-order valence-electron chi connectivity index (χ4n) is 4.11. The number of esters is 1. The number of methoxy groups -OCH3 is 1. The SMILES string of the molecule is COC(=O)C1=C(COCC[NH3+])NC2=C(C(=O)CC(C)(C)C2)C1c1ccccc1Cl. The van der Waals surface area contributed by atoms with Crippen LogP contribution in [0.2, 0.25) is 5.02 Å². The number of hydrogen-bond donors (Lipinski definition) is 2. The fourth-order valence-corrected chi connectivity index (χ4v) is 4.36. The average Bonchev–Trinajstić information content (AvgIpc) is 2.66. The minimum atomic E-state index is -0.589. The zero-order valence-electron chi connectivity index (χ0n) is 17.1. The number of allylic oxidation sites excluding steroid dienone is 2. The van der Waals surface area contributed by atoms with E-state index < -0.39 is 11.9 Å². The zero-order chi connectivity index (χ0) is 21.2. The van der Waals surface area contributed by atoms with E-state index >= 15 is 0 Å². The van der Waals surface area contributed by atoms with Gasteiger partial charge < -0.3 is 20.5 Å². The first kappa shape index (κ1) is 21.6. The maximum atomic E-state index is 13.2. The smallest absolute Gasteiger partial charge is 0.336 e. The van der Waals surface area contributed by atoms with Crippen molar-refractivity contribution in [3.05, 3.63) is 57.4 Å². The molecule has 0 bridgehead atoms. The summed E-state index contributed by atoms with van der Waals surface area (Å²) in [5.74, 6) is -1.07. The van der Waals surface area contributed by atoms with Crippen LogP contribution >= 0.6 is 11.6 Å². The van der Waals surface area contributed by atoms with Crippen molar-refractivity contribution in [3.63, 3.8) is 0 Å². The van der Waals surface area contributed by atoms with Crippen molar-refractivity contribution in [1.29, 1.82) is 0 Å². The van der Waals surface area contributed by atoms with Gasteiger partial charge in [-0.15, -0.1) is 0 Å². The van der Waals surface area contributed by atoms with Crippen molar-refractivity contribution in [2.45, 2.75) is 32.6 Å². The van der Waals surface area contributed by atoms with Gasteiger partial charge in [0.2, 0.25) is 0 Å². The van der Waals surface area contributed by atoms with E-state index in [2.05, 4.69) is 24.9 Å². The zero-order valence-corrected chi connectivity index (χ0v) is 17.9. The third-order valence-corrected chi connectivity index (χ3v) is 5.63. The van der Waals surface area contributed by atoms with Gasteiger partial charge in [0.25, 0.3) is 0 Å². The monoisotopic (exact) mass is 419 g/mol. The molecule has 0 spiro atoms. The van der Waals surface area contributed by atoms with Crippen LogP contribution in [0.4, 0.5) is 0 Å². The molecule has 3 rings (SSSR count). The van der Waals surface area contributed by atoms with Crippen molar-refractivity contribution >= 4 is 23.4 Å². The number of dihydropyridines is 1. The van der Waals surface area contributed by atoms with E-state index in [9.17, 15) is 9.59 Å². The molecule has 6 nitrogen and oxygen atoms in total. The molecular weight excluding hydrogens is 392 g/mol. The Kier molecular flexibility index (Phi) is 6.46. The number of ketones is 1. The highest BCUT2D eigenvalue weighted by Crippen LogP contribution is 2.48. The molecule has 1 aliphatic carbocycles. The first-order chi connectivity index (χ1) is 13.8. The molecule has 1 heterocycles. The van der Waals surface area contributed by atoms with Gasteiger partial charge in [-0.05, 0) is 23.5 Å². The molecule has 0 aromatic heterocycles. The third-order valence-electron chi connectivity index (χ3n) is 5.28. The Bertz CT molecular complexity index is 889. The Morgan fingerprint density at radius 1 is 1.31 bits per heavy atom. The van der Waals surface area contributed by atoms with Gasteiger partial charge in [-0.1, -0.05) is 43.6 Å². The van der Waals surface area contributed by atoms with Gasteiger partial charge in [0.1, 0.15) is 0 Å². The first-order valence-electron chi connectivity index (χ1n) is 9.75. The molecule has 1 aromatic rings. The Hall–Kier alpha value is -2.15. The number of nitrogens with one attached hydrogen (secondary N) is 1. The molecule has 7 heteroatoms. The quantitative estimate of drug-likeness (QED) is 0.545. The summed E-state index contributed by atoms with van der Waals surface area (Å²) in [6.07, 6.45) is 1.11. The first-order valence-corrected chi connectivity index (χ1v) is 10.1. The Morgan fingerprint density at radius 3 is 2.69 bits per heavy atom. The van der Waals surface area contributed by atoms with Gasteiger partial charge >= 0.3 is 5.97 Å². The summed E-state index contributed by atoms with van der Waals surface area (Å²) >= 11 is 6.51. The van der Waals surface area contributed by atoms with Gasteiger partial charge in [0.15, 0.2) is 5.78 Å². The Balaban J connectivity index is 2.20. The van der Waals surface area contributed by atoms with Crippen LogP contribution < -0.4 is 11.1 Å². The van der Waals surface area contributed by atoms with Gasteiger partial charge in [-0.25, -0.2) is 4.79 Å². The van der Waals surface area contributed by atoms with Gasteiger partial charge in [0, 0.05) is 28.6 Å². The molecule has 0 saturated carbocycles. The number of quaternary nitrogens is 1. The number of rotatable bonds is 6. The van der Waals surface area contributed by atoms with E-state index in [4.69, 9.17) is 21.1 Å². The summed E-state index contributed by atoms with van der Waals surface area (Å²) in [5.41, 5.74) is 6.74. The van der Waals surface area contributed by atoms with Crippen molar-refractivity contribution in [2.24, 2.45) is 5.41 Å². The minimum absolute atomic E-state index is 0.0211. The summed E-state index contributed by atoms with van der Waals surface area (Å²) in [4.78, 5) is 26.1. The molecule has 0 radical (unpaired) electrons. The highest BCUT2D eigenvalue weighted by molar-refractivity contribution is 6.31. The molecule has 1 aromatic carbocycles. The Morgan fingerprint density at radius 2 is 2.03 bits per heavy atom. The van der Waals surface area contributed by atoms with E-state index in [-0.39, 0.29) is 17.8 Å². The summed E-state index contributed by atoms with van der Waals surface area (Å²) in [6.45, 7) is 5.42. The van der Waals surface area contributed by atoms with Crippen LogP contribution in [0.5, 0.6) is 0 Å². The maximum Gasteiger partial charge on any atom is 0.336 e. The lowest BCUT2D eigenvalue weighted by molar-refractivity contribution is -0.373. The normalized spacial score (nSPS) is 21.0. The topological polar surface area (TPSA) is 92.3 Å². The summed E-state index contributed by atoms with van der Waals surface area (Å²) in [5, 5.41) is 3.84. The molecule has 1 atom stereocenters. The molecule has 1 unspecified atom stereocenters. The second-order valence-corrected chi connectivity index (χ2v) is 8.61. The molecule has 0 amide bonds. The molecular formula is C22H28ClN2O4+. The lowest BCUT2D eigenvalue weighted by Crippen LogP contribution is -2.52. The summed E-state index contributed by atoms with van der Waals surface area (Å²) in [6, 6.07) is 7.31. The number of carbonyl (C=O) groups excluding carboxylic acids is 2. The number of Topliss-reactive ketones (excluding diaryl/α,β-unsaturated/α-hetero) is 1. The second kappa shape index (κ2) is 8.69. The number of benzene rings is 1. The van der Waals surface area contributed by atoms with Crippen LogP contribution in [0.1, 0.15) is 38.2 Å². The highest BCUT2D eigenvalue weighted by Gasteiger charge is 2.44. The van der Waals surface area contributed by atoms with Gasteiger partial charge in [-0.3, -0.25) is 4.79 Å². The van der Waals surface area contributed by atoms with Crippen molar-refractivity contribution in [2.75, 3.05) is 26.9 Å². The highest BCUT2D eigenvalue weighted by atomic mass is 35.5. The van der Waals surface area contributed by atoms with E-state index in [1.165, 1.54) is 7.11 Å². The minimum Gasteiger partial charge on any atom is -0.466 e. The predicted octanol–water partition coefficient (Wildman–Crippen LogP) is 2.36. The van der Waals surface area contributed by atoms with E-state index in [0.717, 1.165) is 5.70 Å². The number of carbonyl (C=O) groups is 2. The molecule has 156 valence electrons. The van der Waals surface area contributed by atoms with E-state index in [1.807, 2.05) is 18.2 Å². The number of ether oxygens (including phenoxy) is 2. The number of halogens is 1. The summed E-state index contributed by atoms with van der Waals surface area (Å²) < 4.78 is 10.8. The van der Waals surface area contributed by atoms with Gasteiger partial charge in [-0.2, -0.15) is 0 Å². The molecule has 2 aliphatic rings. The average molecular weight is 420 g/mol. The lowest BCUT2D eigenvalue weighted by Gasteiger charge is -2.40.